The molecule has 0 amide bonds. The molecule has 104 valence electrons. The third-order valence-corrected chi connectivity index (χ3v) is 5.27. The Morgan fingerprint density at radius 2 is 1.79 bits per heavy atom. The smallest absolute Gasteiger partial charge is 0.0133 e. The lowest BCUT2D eigenvalue weighted by Gasteiger charge is -2.33. The Bertz CT molecular complexity index is 429. The molecule has 2 aliphatic rings. The van der Waals surface area contributed by atoms with Crippen LogP contribution in [-0.4, -0.2) is 25.0 Å². The Labute approximate surface area is 118 Å². The van der Waals surface area contributed by atoms with Crippen LogP contribution in [0, 0.1) is 0 Å². The molecule has 19 heavy (non-hydrogen) atoms. The zero-order valence-corrected chi connectivity index (χ0v) is 12.5. The van der Waals surface area contributed by atoms with E-state index in [2.05, 4.69) is 37.2 Å². The second-order valence-corrected chi connectivity index (χ2v) is 6.68. The minimum absolute atomic E-state index is 0.747. The Kier molecular flexibility index (Phi) is 3.93. The van der Waals surface area contributed by atoms with Gasteiger partial charge in [-0.1, -0.05) is 37.5 Å². The standard InChI is InChI=1S/C18H27N/c1-19(2)16-12-11-15-9-6-10-17(18(15)13-16)14-7-4-3-5-8-14/h6,9-10,14,16H,3-5,7-8,11-13H2,1-2H3. The molecule has 0 saturated heterocycles. The second kappa shape index (κ2) is 5.66. The molecule has 0 spiro atoms. The van der Waals surface area contributed by atoms with Crippen LogP contribution in [0.2, 0.25) is 0 Å². The third kappa shape index (κ3) is 2.72. The highest BCUT2D eigenvalue weighted by molar-refractivity contribution is 5.40. The van der Waals surface area contributed by atoms with Gasteiger partial charge in [0.1, 0.15) is 0 Å². The fourth-order valence-corrected chi connectivity index (χ4v) is 4.03. The monoisotopic (exact) mass is 257 g/mol. The molecule has 1 heteroatoms. The summed E-state index contributed by atoms with van der Waals surface area (Å²) < 4.78 is 0. The van der Waals surface area contributed by atoms with E-state index in [-0.39, 0.29) is 0 Å². The molecule has 1 aromatic carbocycles. The van der Waals surface area contributed by atoms with Crippen molar-refractivity contribution in [2.45, 2.75) is 63.3 Å². The van der Waals surface area contributed by atoms with Crippen molar-refractivity contribution < 1.29 is 0 Å². The van der Waals surface area contributed by atoms with Gasteiger partial charge in [-0.05, 0) is 68.8 Å². The topological polar surface area (TPSA) is 3.24 Å². The average molecular weight is 257 g/mol. The lowest BCUT2D eigenvalue weighted by atomic mass is 9.77. The summed E-state index contributed by atoms with van der Waals surface area (Å²) in [6.45, 7) is 0. The van der Waals surface area contributed by atoms with Gasteiger partial charge in [0.05, 0.1) is 0 Å². The predicted octanol–water partition coefficient (Wildman–Crippen LogP) is 4.15. The van der Waals surface area contributed by atoms with Crippen LogP contribution in [0.25, 0.3) is 0 Å². The van der Waals surface area contributed by atoms with Crippen LogP contribution in [0.3, 0.4) is 0 Å². The molecule has 1 aromatic rings. The molecule has 1 saturated carbocycles. The van der Waals surface area contributed by atoms with E-state index in [9.17, 15) is 0 Å². The van der Waals surface area contributed by atoms with Gasteiger partial charge in [0.2, 0.25) is 0 Å². The molecule has 3 rings (SSSR count). The molecular formula is C18H27N. The predicted molar refractivity (Wildman–Crippen MR) is 81.8 cm³/mol. The number of likely N-dealkylation sites (N-methyl/N-ethyl adjacent to an activating group) is 1. The van der Waals surface area contributed by atoms with E-state index in [4.69, 9.17) is 0 Å². The third-order valence-electron chi connectivity index (χ3n) is 5.27. The highest BCUT2D eigenvalue weighted by Crippen LogP contribution is 2.37. The van der Waals surface area contributed by atoms with E-state index < -0.39 is 0 Å². The first-order valence-corrected chi connectivity index (χ1v) is 8.03. The van der Waals surface area contributed by atoms with Crippen molar-refractivity contribution >= 4 is 0 Å². The summed E-state index contributed by atoms with van der Waals surface area (Å²) in [5.74, 6) is 0.851. The van der Waals surface area contributed by atoms with Gasteiger partial charge in [0, 0.05) is 6.04 Å². The molecule has 0 N–H and O–H groups in total. The first kappa shape index (κ1) is 13.2. The minimum Gasteiger partial charge on any atom is -0.306 e. The van der Waals surface area contributed by atoms with Crippen molar-refractivity contribution in [2.24, 2.45) is 0 Å². The van der Waals surface area contributed by atoms with E-state index in [1.54, 1.807) is 16.7 Å². The highest BCUT2D eigenvalue weighted by atomic mass is 15.1. The normalized spacial score (nSPS) is 24.5. The van der Waals surface area contributed by atoms with Crippen molar-refractivity contribution in [3.63, 3.8) is 0 Å². The maximum absolute atomic E-state index is 2.42. The molecule has 0 bridgehead atoms. The molecule has 0 heterocycles. The van der Waals surface area contributed by atoms with Gasteiger partial charge in [-0.25, -0.2) is 0 Å². The second-order valence-electron chi connectivity index (χ2n) is 6.68. The minimum atomic E-state index is 0.747. The fourth-order valence-electron chi connectivity index (χ4n) is 4.03. The van der Waals surface area contributed by atoms with Crippen LogP contribution in [0.5, 0.6) is 0 Å². The Hall–Kier alpha value is -0.820. The van der Waals surface area contributed by atoms with Gasteiger partial charge in [-0.15, -0.1) is 0 Å². The van der Waals surface area contributed by atoms with Gasteiger partial charge < -0.3 is 4.90 Å². The maximum atomic E-state index is 2.42. The summed E-state index contributed by atoms with van der Waals surface area (Å²) in [6.07, 6.45) is 11.0. The van der Waals surface area contributed by atoms with Crippen molar-refractivity contribution in [2.75, 3.05) is 14.1 Å². The number of aryl methyl sites for hydroxylation is 1. The SMILES string of the molecule is CN(C)C1CCc2cccc(C3CCCCC3)c2C1. The lowest BCUT2D eigenvalue weighted by Crippen LogP contribution is -2.34. The summed E-state index contributed by atoms with van der Waals surface area (Å²) in [5, 5.41) is 0. The first-order chi connectivity index (χ1) is 9.25. The number of hydrogen-bond acceptors (Lipinski definition) is 1. The summed E-state index contributed by atoms with van der Waals surface area (Å²) in [7, 11) is 4.47. The summed E-state index contributed by atoms with van der Waals surface area (Å²) >= 11 is 0. The van der Waals surface area contributed by atoms with E-state index in [1.807, 2.05) is 0 Å². The molecule has 1 fully saturated rings. The quantitative estimate of drug-likeness (QED) is 0.769. The highest BCUT2D eigenvalue weighted by Gasteiger charge is 2.25. The number of nitrogens with zero attached hydrogens (tertiary/aromatic N) is 1. The Balaban J connectivity index is 1.89. The van der Waals surface area contributed by atoms with E-state index in [0.717, 1.165) is 12.0 Å². The maximum Gasteiger partial charge on any atom is 0.0133 e. The number of hydrogen-bond donors (Lipinski definition) is 0. The Morgan fingerprint density at radius 1 is 1.00 bits per heavy atom. The fraction of sp³-hybridized carbons (Fsp3) is 0.667. The van der Waals surface area contributed by atoms with Crippen LogP contribution in [0.1, 0.15) is 61.1 Å². The number of rotatable bonds is 2. The summed E-state index contributed by atoms with van der Waals surface area (Å²) in [5.41, 5.74) is 5.05. The van der Waals surface area contributed by atoms with Crippen LogP contribution in [0.15, 0.2) is 18.2 Å². The molecule has 1 unspecified atom stereocenters. The van der Waals surface area contributed by atoms with Crippen molar-refractivity contribution in [3.05, 3.63) is 34.9 Å². The van der Waals surface area contributed by atoms with Gasteiger partial charge in [-0.2, -0.15) is 0 Å². The molecule has 0 aliphatic heterocycles. The van der Waals surface area contributed by atoms with Gasteiger partial charge >= 0.3 is 0 Å². The van der Waals surface area contributed by atoms with Crippen molar-refractivity contribution in [3.8, 4) is 0 Å². The average Bonchev–Trinajstić information content (AvgIpc) is 2.47. The molecule has 2 aliphatic carbocycles. The van der Waals surface area contributed by atoms with E-state index in [0.29, 0.717) is 0 Å². The van der Waals surface area contributed by atoms with Crippen LogP contribution < -0.4 is 0 Å². The molecule has 0 aromatic heterocycles. The van der Waals surface area contributed by atoms with Crippen LogP contribution >= 0.6 is 0 Å². The molecule has 1 nitrogen and oxygen atoms in total. The largest absolute Gasteiger partial charge is 0.306 e. The van der Waals surface area contributed by atoms with Gasteiger partial charge in [0.15, 0.2) is 0 Å². The Morgan fingerprint density at radius 3 is 2.53 bits per heavy atom. The van der Waals surface area contributed by atoms with E-state index >= 15 is 0 Å². The zero-order valence-electron chi connectivity index (χ0n) is 12.5. The van der Waals surface area contributed by atoms with Crippen molar-refractivity contribution in [1.29, 1.82) is 0 Å². The summed E-state index contributed by atoms with van der Waals surface area (Å²) in [6, 6.07) is 7.84. The first-order valence-electron chi connectivity index (χ1n) is 8.03. The number of fused-ring (bicyclic) bond motifs is 1. The van der Waals surface area contributed by atoms with Gasteiger partial charge in [-0.3, -0.25) is 0 Å². The number of benzene rings is 1. The molecule has 0 radical (unpaired) electrons. The van der Waals surface area contributed by atoms with E-state index in [1.165, 1.54) is 51.4 Å². The molecular weight excluding hydrogens is 230 g/mol. The lowest BCUT2D eigenvalue weighted by molar-refractivity contribution is 0.266. The van der Waals surface area contributed by atoms with Crippen LogP contribution in [-0.2, 0) is 12.8 Å². The van der Waals surface area contributed by atoms with Crippen molar-refractivity contribution in [1.82, 2.24) is 4.90 Å². The molecule has 1 atom stereocenters. The zero-order chi connectivity index (χ0) is 13.2. The summed E-state index contributed by atoms with van der Waals surface area (Å²) in [4.78, 5) is 2.42. The van der Waals surface area contributed by atoms with Crippen LogP contribution in [0.4, 0.5) is 0 Å². The van der Waals surface area contributed by atoms with Gasteiger partial charge in [0.25, 0.3) is 0 Å².